The topological polar surface area (TPSA) is 28.2 Å². The minimum Gasteiger partial charge on any atom is -0.311 e. The first-order valence-corrected chi connectivity index (χ1v) is 7.54. The first-order chi connectivity index (χ1) is 8.30. The average molecular weight is 255 g/mol. The maximum absolute atomic E-state index is 4.66. The number of rotatable bonds is 9. The minimum atomic E-state index is 0.905. The molecule has 0 aliphatic rings. The number of nitrogens with zero attached hydrogens (tertiary/aromatic N) is 2. The third kappa shape index (κ3) is 5.61. The van der Waals surface area contributed by atoms with Crippen LogP contribution in [0.1, 0.15) is 44.3 Å². The lowest BCUT2D eigenvalue weighted by Crippen LogP contribution is -2.24. The highest BCUT2D eigenvalue weighted by Crippen LogP contribution is 2.12. The summed E-state index contributed by atoms with van der Waals surface area (Å²) >= 11 is 1.77. The van der Waals surface area contributed by atoms with E-state index in [9.17, 15) is 0 Å². The lowest BCUT2D eigenvalue weighted by atomic mass is 10.3. The predicted molar refractivity (Wildman–Crippen MR) is 75.4 cm³/mol. The maximum atomic E-state index is 4.66. The van der Waals surface area contributed by atoms with Crippen LogP contribution in [0.2, 0.25) is 0 Å². The summed E-state index contributed by atoms with van der Waals surface area (Å²) in [5, 5.41) is 6.71. The van der Waals surface area contributed by atoms with Gasteiger partial charge in [-0.3, -0.25) is 4.90 Å². The second kappa shape index (κ2) is 8.61. The van der Waals surface area contributed by atoms with Gasteiger partial charge in [0.2, 0.25) is 0 Å². The van der Waals surface area contributed by atoms with Crippen LogP contribution in [0.4, 0.5) is 0 Å². The number of thiazole rings is 1. The van der Waals surface area contributed by atoms with Crippen LogP contribution in [-0.2, 0) is 13.1 Å². The van der Waals surface area contributed by atoms with Crippen molar-refractivity contribution < 1.29 is 0 Å². The Morgan fingerprint density at radius 1 is 1.35 bits per heavy atom. The predicted octanol–water partition coefficient (Wildman–Crippen LogP) is 2.87. The molecule has 0 fully saturated rings. The molecular weight excluding hydrogens is 230 g/mol. The van der Waals surface area contributed by atoms with Gasteiger partial charge in [-0.2, -0.15) is 0 Å². The van der Waals surface area contributed by atoms with Crippen LogP contribution >= 0.6 is 11.3 Å². The Labute approximate surface area is 109 Å². The molecule has 0 aliphatic carbocycles. The molecule has 3 nitrogen and oxygen atoms in total. The molecule has 1 heterocycles. The van der Waals surface area contributed by atoms with Gasteiger partial charge in [-0.1, -0.05) is 27.2 Å². The zero-order valence-corrected chi connectivity index (χ0v) is 12.1. The molecule has 0 aliphatic heterocycles. The Balaban J connectivity index is 2.40. The smallest absolute Gasteiger partial charge is 0.107 e. The average Bonchev–Trinajstić information content (AvgIpc) is 2.79. The van der Waals surface area contributed by atoms with E-state index in [0.29, 0.717) is 0 Å². The van der Waals surface area contributed by atoms with Crippen molar-refractivity contribution in [2.45, 2.75) is 46.7 Å². The summed E-state index contributed by atoms with van der Waals surface area (Å²) in [6.45, 7) is 11.8. The highest BCUT2D eigenvalue weighted by Gasteiger charge is 2.06. The molecule has 1 rings (SSSR count). The van der Waals surface area contributed by atoms with Crippen LogP contribution in [-0.4, -0.2) is 29.5 Å². The Bertz CT molecular complexity index is 299. The fourth-order valence-corrected chi connectivity index (χ4v) is 2.45. The summed E-state index contributed by atoms with van der Waals surface area (Å²) in [5.41, 5.74) is 1.22. The van der Waals surface area contributed by atoms with Gasteiger partial charge in [0.15, 0.2) is 0 Å². The van der Waals surface area contributed by atoms with Gasteiger partial charge in [-0.25, -0.2) is 4.98 Å². The monoisotopic (exact) mass is 255 g/mol. The molecule has 4 heteroatoms. The quantitative estimate of drug-likeness (QED) is 0.735. The molecule has 0 spiro atoms. The molecule has 98 valence electrons. The van der Waals surface area contributed by atoms with Crippen molar-refractivity contribution in [3.63, 3.8) is 0 Å². The van der Waals surface area contributed by atoms with E-state index >= 15 is 0 Å². The molecule has 0 atom stereocenters. The van der Waals surface area contributed by atoms with Crippen molar-refractivity contribution in [1.82, 2.24) is 15.2 Å². The van der Waals surface area contributed by atoms with Crippen LogP contribution in [0.5, 0.6) is 0 Å². The van der Waals surface area contributed by atoms with E-state index in [1.165, 1.54) is 30.1 Å². The third-order valence-corrected chi connectivity index (χ3v) is 3.68. The zero-order valence-electron chi connectivity index (χ0n) is 11.3. The summed E-state index contributed by atoms with van der Waals surface area (Å²) in [6.07, 6.45) is 2.54. The molecular formula is C13H25N3S. The van der Waals surface area contributed by atoms with Gasteiger partial charge in [0.05, 0.1) is 5.69 Å². The van der Waals surface area contributed by atoms with E-state index in [1.54, 1.807) is 11.3 Å². The summed E-state index contributed by atoms with van der Waals surface area (Å²) < 4.78 is 0. The molecule has 0 amide bonds. The summed E-state index contributed by atoms with van der Waals surface area (Å²) in [4.78, 5) is 7.13. The van der Waals surface area contributed by atoms with Crippen molar-refractivity contribution in [1.29, 1.82) is 0 Å². The molecule has 0 aromatic carbocycles. The zero-order chi connectivity index (χ0) is 12.5. The van der Waals surface area contributed by atoms with Gasteiger partial charge >= 0.3 is 0 Å². The second-order valence-corrected chi connectivity index (χ2v) is 5.18. The van der Waals surface area contributed by atoms with Gasteiger partial charge < -0.3 is 5.32 Å². The van der Waals surface area contributed by atoms with Crippen molar-refractivity contribution in [3.8, 4) is 0 Å². The van der Waals surface area contributed by atoms with Crippen molar-refractivity contribution in [2.24, 2.45) is 0 Å². The second-order valence-electron chi connectivity index (χ2n) is 4.24. The first kappa shape index (κ1) is 14.6. The molecule has 0 saturated heterocycles. The maximum Gasteiger partial charge on any atom is 0.107 e. The molecule has 1 aromatic rings. The van der Waals surface area contributed by atoms with Gasteiger partial charge in [0, 0.05) is 18.5 Å². The van der Waals surface area contributed by atoms with Crippen molar-refractivity contribution >= 4 is 11.3 Å². The minimum absolute atomic E-state index is 0.905. The lowest BCUT2D eigenvalue weighted by Gasteiger charge is -2.18. The van der Waals surface area contributed by atoms with Gasteiger partial charge in [-0.15, -0.1) is 11.3 Å². The van der Waals surface area contributed by atoms with E-state index in [2.05, 4.69) is 41.4 Å². The van der Waals surface area contributed by atoms with E-state index in [0.717, 1.165) is 26.2 Å². The van der Waals surface area contributed by atoms with Crippen LogP contribution in [0.3, 0.4) is 0 Å². The summed E-state index contributed by atoms with van der Waals surface area (Å²) in [7, 11) is 0. The standard InChI is InChI=1S/C13H25N3S/c1-4-7-8-16(6-3)10-12-11-17-13(15-12)9-14-5-2/h11,14H,4-10H2,1-3H3. The van der Waals surface area contributed by atoms with Gasteiger partial charge in [-0.05, 0) is 26.1 Å². The Morgan fingerprint density at radius 2 is 2.18 bits per heavy atom. The van der Waals surface area contributed by atoms with E-state index in [1.807, 2.05) is 0 Å². The summed E-state index contributed by atoms with van der Waals surface area (Å²) in [6, 6.07) is 0. The highest BCUT2D eigenvalue weighted by atomic mass is 32.1. The van der Waals surface area contributed by atoms with Crippen LogP contribution in [0.25, 0.3) is 0 Å². The molecule has 1 N–H and O–H groups in total. The van der Waals surface area contributed by atoms with Crippen molar-refractivity contribution in [2.75, 3.05) is 19.6 Å². The molecule has 0 saturated carbocycles. The van der Waals surface area contributed by atoms with Crippen molar-refractivity contribution in [3.05, 3.63) is 16.1 Å². The molecule has 0 unspecified atom stereocenters. The number of hydrogen-bond donors (Lipinski definition) is 1. The Morgan fingerprint density at radius 3 is 2.82 bits per heavy atom. The number of hydrogen-bond acceptors (Lipinski definition) is 4. The number of nitrogens with one attached hydrogen (secondary N) is 1. The van der Waals surface area contributed by atoms with Crippen LogP contribution in [0.15, 0.2) is 5.38 Å². The fourth-order valence-electron chi connectivity index (χ4n) is 1.69. The molecule has 1 aromatic heterocycles. The van der Waals surface area contributed by atoms with Gasteiger partial charge in [0.1, 0.15) is 5.01 Å². The molecule has 17 heavy (non-hydrogen) atoms. The molecule has 0 bridgehead atoms. The van der Waals surface area contributed by atoms with Crippen LogP contribution < -0.4 is 5.32 Å². The highest BCUT2D eigenvalue weighted by molar-refractivity contribution is 7.09. The van der Waals surface area contributed by atoms with Gasteiger partial charge in [0.25, 0.3) is 0 Å². The SMILES string of the molecule is CCCCN(CC)Cc1csc(CNCC)n1. The Hall–Kier alpha value is -0.450. The van der Waals surface area contributed by atoms with E-state index in [-0.39, 0.29) is 0 Å². The van der Waals surface area contributed by atoms with Crippen LogP contribution in [0, 0.1) is 0 Å². The Kier molecular flexibility index (Phi) is 7.40. The third-order valence-electron chi connectivity index (χ3n) is 2.79. The van der Waals surface area contributed by atoms with E-state index < -0.39 is 0 Å². The first-order valence-electron chi connectivity index (χ1n) is 6.66. The summed E-state index contributed by atoms with van der Waals surface area (Å²) in [5.74, 6) is 0. The normalized spacial score (nSPS) is 11.3. The molecule has 0 radical (unpaired) electrons. The number of unbranched alkanes of at least 4 members (excludes halogenated alkanes) is 1. The lowest BCUT2D eigenvalue weighted by molar-refractivity contribution is 0.272. The largest absolute Gasteiger partial charge is 0.311 e. The van der Waals surface area contributed by atoms with E-state index in [4.69, 9.17) is 0 Å². The number of aromatic nitrogens is 1. The fraction of sp³-hybridized carbons (Fsp3) is 0.769.